The molecule has 1 aliphatic rings. The van der Waals surface area contributed by atoms with Crippen molar-refractivity contribution in [1.29, 1.82) is 0 Å². The van der Waals surface area contributed by atoms with E-state index in [0.717, 1.165) is 5.56 Å². The van der Waals surface area contributed by atoms with Crippen molar-refractivity contribution < 1.29 is 13.2 Å². The Hall–Kier alpha value is -1.40. The molecule has 1 heterocycles. The number of aryl methyl sites for hydroxylation is 1. The molecule has 2 N–H and O–H groups in total. The molecule has 1 fully saturated rings. The van der Waals surface area contributed by atoms with Gasteiger partial charge >= 0.3 is 0 Å². The molecule has 6 heteroatoms. The number of benzene rings is 1. The van der Waals surface area contributed by atoms with E-state index in [1.54, 1.807) is 17.0 Å². The van der Waals surface area contributed by atoms with Crippen molar-refractivity contribution >= 4 is 15.9 Å². The molecule has 1 saturated heterocycles. The third-order valence-corrected chi connectivity index (χ3v) is 4.74. The molecule has 0 spiro atoms. The number of nitrogens with two attached hydrogens (primary N) is 1. The van der Waals surface area contributed by atoms with E-state index >= 15 is 0 Å². The summed E-state index contributed by atoms with van der Waals surface area (Å²) in [6.45, 7) is 2.72. The number of rotatable bonds is 2. The smallest absolute Gasteiger partial charge is 0.253 e. The summed E-state index contributed by atoms with van der Waals surface area (Å²) in [5, 5.41) is 4.52. The van der Waals surface area contributed by atoms with Crippen molar-refractivity contribution in [1.82, 2.24) is 4.90 Å². The Kier molecular flexibility index (Phi) is 3.91. The molecule has 1 atom stereocenters. The van der Waals surface area contributed by atoms with Crippen molar-refractivity contribution in [2.45, 2.75) is 25.0 Å². The van der Waals surface area contributed by atoms with Crippen LogP contribution in [-0.4, -0.2) is 37.6 Å². The molecule has 0 bridgehead atoms. The third kappa shape index (κ3) is 3.33. The maximum absolute atomic E-state index is 12.3. The first-order chi connectivity index (χ1) is 8.88. The Morgan fingerprint density at radius 2 is 1.95 bits per heavy atom. The zero-order valence-electron chi connectivity index (χ0n) is 10.9. The highest BCUT2D eigenvalue weighted by molar-refractivity contribution is 7.89. The number of primary sulfonamides is 1. The van der Waals surface area contributed by atoms with Gasteiger partial charge in [-0.15, -0.1) is 0 Å². The topological polar surface area (TPSA) is 80.5 Å². The molecule has 104 valence electrons. The van der Waals surface area contributed by atoms with Crippen LogP contribution in [0.1, 0.15) is 28.8 Å². The SMILES string of the molecule is Cc1ccc(C(=O)N2CCCC(S(N)(=O)=O)C2)cc1. The van der Waals surface area contributed by atoms with Crippen LogP contribution in [0.15, 0.2) is 24.3 Å². The van der Waals surface area contributed by atoms with Crippen LogP contribution in [0, 0.1) is 6.92 Å². The van der Waals surface area contributed by atoms with Crippen LogP contribution in [0.25, 0.3) is 0 Å². The molecular weight excluding hydrogens is 264 g/mol. The Morgan fingerprint density at radius 3 is 2.53 bits per heavy atom. The maximum Gasteiger partial charge on any atom is 0.253 e. The van der Waals surface area contributed by atoms with Gasteiger partial charge in [-0.1, -0.05) is 17.7 Å². The van der Waals surface area contributed by atoms with Crippen LogP contribution in [0.3, 0.4) is 0 Å². The van der Waals surface area contributed by atoms with Gasteiger partial charge in [0.25, 0.3) is 5.91 Å². The average Bonchev–Trinajstić information content (AvgIpc) is 2.38. The van der Waals surface area contributed by atoms with Crippen molar-refractivity contribution in [3.63, 3.8) is 0 Å². The Morgan fingerprint density at radius 1 is 1.32 bits per heavy atom. The van der Waals surface area contributed by atoms with E-state index in [4.69, 9.17) is 5.14 Å². The van der Waals surface area contributed by atoms with Gasteiger partial charge in [0, 0.05) is 18.7 Å². The highest BCUT2D eigenvalue weighted by Gasteiger charge is 2.30. The number of sulfonamides is 1. The number of piperidine rings is 1. The maximum atomic E-state index is 12.3. The van der Waals surface area contributed by atoms with Crippen molar-refractivity contribution in [3.05, 3.63) is 35.4 Å². The van der Waals surface area contributed by atoms with Gasteiger partial charge in [-0.25, -0.2) is 13.6 Å². The molecule has 2 rings (SSSR count). The van der Waals surface area contributed by atoms with E-state index in [2.05, 4.69) is 0 Å². The van der Waals surface area contributed by atoms with Gasteiger partial charge < -0.3 is 4.90 Å². The molecule has 0 aromatic heterocycles. The van der Waals surface area contributed by atoms with Crippen molar-refractivity contribution in [2.24, 2.45) is 5.14 Å². The molecule has 0 radical (unpaired) electrons. The third-order valence-electron chi connectivity index (χ3n) is 3.43. The molecule has 19 heavy (non-hydrogen) atoms. The number of likely N-dealkylation sites (tertiary alicyclic amines) is 1. The molecule has 1 aromatic rings. The number of amides is 1. The molecule has 0 saturated carbocycles. The molecule has 0 aliphatic carbocycles. The van der Waals surface area contributed by atoms with Crippen LogP contribution >= 0.6 is 0 Å². The van der Waals surface area contributed by atoms with Gasteiger partial charge in [0.05, 0.1) is 5.25 Å². The van der Waals surface area contributed by atoms with E-state index in [0.29, 0.717) is 24.9 Å². The van der Waals surface area contributed by atoms with Crippen LogP contribution in [-0.2, 0) is 10.0 Å². The number of carbonyl (C=O) groups is 1. The quantitative estimate of drug-likeness (QED) is 0.874. The van der Waals surface area contributed by atoms with Crippen LogP contribution in [0.2, 0.25) is 0 Å². The molecule has 1 aliphatic heterocycles. The second kappa shape index (κ2) is 5.30. The van der Waals surface area contributed by atoms with E-state index < -0.39 is 15.3 Å². The second-order valence-corrected chi connectivity index (χ2v) is 6.82. The summed E-state index contributed by atoms with van der Waals surface area (Å²) in [7, 11) is -3.58. The van der Waals surface area contributed by atoms with E-state index in [9.17, 15) is 13.2 Å². The molecule has 1 aromatic carbocycles. The van der Waals surface area contributed by atoms with Gasteiger partial charge in [-0.3, -0.25) is 4.79 Å². The van der Waals surface area contributed by atoms with Crippen LogP contribution in [0.5, 0.6) is 0 Å². The fraction of sp³-hybridized carbons (Fsp3) is 0.462. The first kappa shape index (κ1) is 14.0. The summed E-state index contributed by atoms with van der Waals surface area (Å²) in [6, 6.07) is 7.26. The fourth-order valence-corrected chi connectivity index (χ4v) is 3.15. The van der Waals surface area contributed by atoms with E-state index in [1.165, 1.54) is 0 Å². The summed E-state index contributed by atoms with van der Waals surface area (Å²) in [4.78, 5) is 13.8. The number of nitrogens with zero attached hydrogens (tertiary/aromatic N) is 1. The minimum Gasteiger partial charge on any atom is -0.337 e. The minimum absolute atomic E-state index is 0.131. The summed E-state index contributed by atoms with van der Waals surface area (Å²) in [5.74, 6) is -0.131. The minimum atomic E-state index is -3.58. The zero-order valence-corrected chi connectivity index (χ0v) is 11.7. The lowest BCUT2D eigenvalue weighted by molar-refractivity contribution is 0.0727. The van der Waals surface area contributed by atoms with Crippen molar-refractivity contribution in [3.8, 4) is 0 Å². The number of hydrogen-bond acceptors (Lipinski definition) is 3. The lowest BCUT2D eigenvalue weighted by Crippen LogP contribution is -2.47. The number of hydrogen-bond donors (Lipinski definition) is 1. The summed E-state index contributed by atoms with van der Waals surface area (Å²) >= 11 is 0. The first-order valence-corrected chi connectivity index (χ1v) is 7.86. The molecule has 1 amide bonds. The fourth-order valence-electron chi connectivity index (χ4n) is 2.27. The second-order valence-electron chi connectivity index (χ2n) is 4.97. The van der Waals surface area contributed by atoms with Crippen LogP contribution < -0.4 is 5.14 Å². The molecular formula is C13H18N2O3S. The lowest BCUT2D eigenvalue weighted by Gasteiger charge is -2.31. The lowest BCUT2D eigenvalue weighted by atomic mass is 10.1. The normalized spacial score (nSPS) is 20.3. The van der Waals surface area contributed by atoms with E-state index in [-0.39, 0.29) is 12.5 Å². The van der Waals surface area contributed by atoms with Gasteiger partial charge in [0.15, 0.2) is 0 Å². The standard InChI is InChI=1S/C13H18N2O3S/c1-10-4-6-11(7-5-10)13(16)15-8-2-3-12(9-15)19(14,17)18/h4-7,12H,2-3,8-9H2,1H3,(H2,14,17,18). The van der Waals surface area contributed by atoms with E-state index in [1.807, 2.05) is 19.1 Å². The monoisotopic (exact) mass is 282 g/mol. The largest absolute Gasteiger partial charge is 0.337 e. The highest BCUT2D eigenvalue weighted by Crippen LogP contribution is 2.17. The predicted octanol–water partition coefficient (Wildman–Crippen LogP) is 0.888. The zero-order chi connectivity index (χ0) is 14.0. The molecule has 5 nitrogen and oxygen atoms in total. The average molecular weight is 282 g/mol. The summed E-state index contributed by atoms with van der Waals surface area (Å²) < 4.78 is 22.8. The van der Waals surface area contributed by atoms with Gasteiger partial charge in [0.2, 0.25) is 10.0 Å². The van der Waals surface area contributed by atoms with Crippen molar-refractivity contribution in [2.75, 3.05) is 13.1 Å². The summed E-state index contributed by atoms with van der Waals surface area (Å²) in [5.41, 5.74) is 1.67. The van der Waals surface area contributed by atoms with Gasteiger partial charge in [-0.05, 0) is 31.9 Å². The Balaban J connectivity index is 2.13. The summed E-state index contributed by atoms with van der Waals surface area (Å²) in [6.07, 6.45) is 1.19. The Bertz CT molecular complexity index is 566. The van der Waals surface area contributed by atoms with Gasteiger partial charge in [-0.2, -0.15) is 0 Å². The highest BCUT2D eigenvalue weighted by atomic mass is 32.2. The Labute approximate surface area is 113 Å². The predicted molar refractivity (Wildman–Crippen MR) is 73.2 cm³/mol. The van der Waals surface area contributed by atoms with Gasteiger partial charge in [0.1, 0.15) is 0 Å². The molecule has 1 unspecified atom stereocenters. The first-order valence-electron chi connectivity index (χ1n) is 6.25. The van der Waals surface area contributed by atoms with Crippen LogP contribution in [0.4, 0.5) is 0 Å². The number of carbonyl (C=O) groups excluding carboxylic acids is 1.